The number of nitrogens with one attached hydrogen (secondary N) is 2. The molecule has 0 aliphatic carbocycles. The maximum Gasteiger partial charge on any atom is 0.326 e. The second kappa shape index (κ2) is 13.5. The SMILES string of the molecule is O=C(O)CCCC(=O)N1CSCC1C(=O)NC(Cc1ccc(NC(=O)c2c(Cl)cccc2Cl)cc1)C(=O)O. The van der Waals surface area contributed by atoms with Crippen LogP contribution in [0.3, 0.4) is 0 Å². The number of thioether (sulfide) groups is 1. The topological polar surface area (TPSA) is 153 Å². The van der Waals surface area contributed by atoms with Crippen LogP contribution in [0.2, 0.25) is 10.0 Å². The molecule has 1 heterocycles. The summed E-state index contributed by atoms with van der Waals surface area (Å²) in [6.07, 6.45) is -0.0349. The first kappa shape index (κ1) is 29.3. The van der Waals surface area contributed by atoms with Crippen LogP contribution >= 0.6 is 35.0 Å². The van der Waals surface area contributed by atoms with Gasteiger partial charge in [0.15, 0.2) is 0 Å². The lowest BCUT2D eigenvalue weighted by Crippen LogP contribution is -2.52. The lowest BCUT2D eigenvalue weighted by atomic mass is 10.0. The number of rotatable bonds is 11. The molecule has 0 aromatic heterocycles. The first-order valence-corrected chi connectivity index (χ1v) is 13.4. The van der Waals surface area contributed by atoms with Gasteiger partial charge < -0.3 is 25.7 Å². The molecular weight excluding hydrogens is 557 g/mol. The maximum absolute atomic E-state index is 12.9. The third-order valence-electron chi connectivity index (χ3n) is 5.74. The quantitative estimate of drug-likeness (QED) is 0.314. The first-order valence-electron chi connectivity index (χ1n) is 11.5. The Morgan fingerprint density at radius 2 is 1.66 bits per heavy atom. The van der Waals surface area contributed by atoms with Crippen molar-refractivity contribution in [3.8, 4) is 0 Å². The molecule has 1 aliphatic heterocycles. The molecule has 1 saturated heterocycles. The van der Waals surface area contributed by atoms with Crippen molar-refractivity contribution in [3.05, 3.63) is 63.6 Å². The lowest BCUT2D eigenvalue weighted by Gasteiger charge is -2.25. The molecule has 1 fully saturated rings. The van der Waals surface area contributed by atoms with E-state index in [1.165, 1.54) is 16.7 Å². The highest BCUT2D eigenvalue weighted by Crippen LogP contribution is 2.26. The van der Waals surface area contributed by atoms with Gasteiger partial charge in [-0.1, -0.05) is 41.4 Å². The normalized spacial score (nSPS) is 15.5. The second-order valence-electron chi connectivity index (χ2n) is 8.48. The molecule has 2 atom stereocenters. The second-order valence-corrected chi connectivity index (χ2v) is 10.3. The van der Waals surface area contributed by atoms with Crippen LogP contribution in [0.4, 0.5) is 5.69 Å². The molecule has 0 bridgehead atoms. The third-order valence-corrected chi connectivity index (χ3v) is 7.38. The zero-order valence-electron chi connectivity index (χ0n) is 20.0. The van der Waals surface area contributed by atoms with Crippen molar-refractivity contribution in [2.24, 2.45) is 0 Å². The number of carbonyl (C=O) groups is 5. The van der Waals surface area contributed by atoms with Crippen molar-refractivity contribution in [2.45, 2.75) is 37.8 Å². The molecule has 0 spiro atoms. The molecule has 0 radical (unpaired) electrons. The van der Waals surface area contributed by atoms with E-state index in [1.807, 2.05) is 0 Å². The molecule has 4 N–H and O–H groups in total. The van der Waals surface area contributed by atoms with Gasteiger partial charge in [0, 0.05) is 30.7 Å². The molecule has 2 unspecified atom stereocenters. The Labute approximate surface area is 232 Å². The Hall–Kier alpha value is -3.28. The zero-order chi connectivity index (χ0) is 27.8. The van der Waals surface area contributed by atoms with Gasteiger partial charge in [0.2, 0.25) is 11.8 Å². The van der Waals surface area contributed by atoms with Gasteiger partial charge in [-0.2, -0.15) is 0 Å². The highest BCUT2D eigenvalue weighted by Gasteiger charge is 2.36. The predicted octanol–water partition coefficient (Wildman–Crippen LogP) is 3.51. The van der Waals surface area contributed by atoms with Gasteiger partial charge in [0.1, 0.15) is 12.1 Å². The van der Waals surface area contributed by atoms with Gasteiger partial charge in [-0.05, 0) is 36.2 Å². The van der Waals surface area contributed by atoms with Crippen LogP contribution in [0.5, 0.6) is 0 Å². The summed E-state index contributed by atoms with van der Waals surface area (Å²) in [6.45, 7) is 0. The summed E-state index contributed by atoms with van der Waals surface area (Å²) in [6, 6.07) is 9.04. The fraction of sp³-hybridized carbons (Fsp3) is 0.320. The fourth-order valence-electron chi connectivity index (χ4n) is 3.78. The van der Waals surface area contributed by atoms with E-state index in [9.17, 15) is 29.1 Å². The van der Waals surface area contributed by atoms with Crippen LogP contribution in [0.15, 0.2) is 42.5 Å². The van der Waals surface area contributed by atoms with E-state index >= 15 is 0 Å². The van der Waals surface area contributed by atoms with Crippen molar-refractivity contribution in [1.82, 2.24) is 10.2 Å². The van der Waals surface area contributed by atoms with Crippen LogP contribution in [0.1, 0.15) is 35.2 Å². The molecule has 13 heteroatoms. The average molecular weight is 582 g/mol. The minimum atomic E-state index is -1.25. The minimum Gasteiger partial charge on any atom is -0.481 e. The van der Waals surface area contributed by atoms with Crippen molar-refractivity contribution in [1.29, 1.82) is 0 Å². The Morgan fingerprint density at radius 1 is 1.00 bits per heavy atom. The average Bonchev–Trinajstić information content (AvgIpc) is 3.34. The summed E-state index contributed by atoms with van der Waals surface area (Å²) >= 11 is 13.5. The largest absolute Gasteiger partial charge is 0.481 e. The van der Waals surface area contributed by atoms with Gasteiger partial charge in [-0.15, -0.1) is 11.8 Å². The van der Waals surface area contributed by atoms with Crippen molar-refractivity contribution in [3.63, 3.8) is 0 Å². The molecule has 3 rings (SSSR count). The number of carboxylic acids is 2. The fourth-order valence-corrected chi connectivity index (χ4v) is 5.53. The maximum atomic E-state index is 12.9. The van der Waals surface area contributed by atoms with Gasteiger partial charge >= 0.3 is 11.9 Å². The van der Waals surface area contributed by atoms with Gasteiger partial charge in [0.25, 0.3) is 5.91 Å². The van der Waals surface area contributed by atoms with Crippen LogP contribution in [0, 0.1) is 0 Å². The summed E-state index contributed by atoms with van der Waals surface area (Å²) < 4.78 is 0. The van der Waals surface area contributed by atoms with Crippen molar-refractivity contribution < 1.29 is 34.2 Å². The summed E-state index contributed by atoms with van der Waals surface area (Å²) in [4.78, 5) is 61.8. The van der Waals surface area contributed by atoms with Crippen LogP contribution in [0.25, 0.3) is 0 Å². The number of hydrogen-bond acceptors (Lipinski definition) is 6. The third kappa shape index (κ3) is 7.86. The van der Waals surface area contributed by atoms with E-state index in [4.69, 9.17) is 28.3 Å². The molecule has 202 valence electrons. The molecule has 2 aromatic carbocycles. The number of carbonyl (C=O) groups excluding carboxylic acids is 3. The summed E-state index contributed by atoms with van der Waals surface area (Å²) in [7, 11) is 0. The molecule has 2 aromatic rings. The van der Waals surface area contributed by atoms with Crippen molar-refractivity contribution in [2.75, 3.05) is 16.9 Å². The number of nitrogens with zero attached hydrogens (tertiary/aromatic N) is 1. The highest BCUT2D eigenvalue weighted by molar-refractivity contribution is 7.99. The number of carboxylic acid groups (broad SMARTS) is 2. The number of hydrogen-bond donors (Lipinski definition) is 4. The first-order chi connectivity index (χ1) is 18.1. The highest BCUT2D eigenvalue weighted by atomic mass is 35.5. The summed E-state index contributed by atoms with van der Waals surface area (Å²) in [5, 5.41) is 24.0. The van der Waals surface area contributed by atoms with Gasteiger partial charge in [-0.25, -0.2) is 4.79 Å². The van der Waals surface area contributed by atoms with E-state index in [0.717, 1.165) is 0 Å². The van der Waals surface area contributed by atoms with E-state index in [1.54, 1.807) is 42.5 Å². The number of anilines is 1. The van der Waals surface area contributed by atoms with Gasteiger partial charge in [0.05, 0.1) is 21.5 Å². The van der Waals surface area contributed by atoms with Gasteiger partial charge in [-0.3, -0.25) is 19.2 Å². The number of aliphatic carboxylic acids is 2. The monoisotopic (exact) mass is 581 g/mol. The summed E-state index contributed by atoms with van der Waals surface area (Å²) in [5.41, 5.74) is 1.16. The Balaban J connectivity index is 1.60. The molecule has 1 aliphatic rings. The zero-order valence-corrected chi connectivity index (χ0v) is 22.3. The van der Waals surface area contributed by atoms with Crippen molar-refractivity contribution >= 4 is 70.3 Å². The van der Waals surface area contributed by atoms with E-state index in [-0.39, 0.29) is 53.1 Å². The number of amides is 3. The number of halogens is 2. The predicted molar refractivity (Wildman–Crippen MR) is 144 cm³/mol. The standard InChI is InChI=1S/C25H25Cl2N3O7S/c26-16-3-1-4-17(27)22(16)24(35)28-15-9-7-14(8-10-15)11-18(25(36)37)29-23(34)19-12-38-13-30(19)20(31)5-2-6-21(32)33/h1,3-4,7-10,18-19H,2,5-6,11-13H2,(H,28,35)(H,29,34)(H,32,33)(H,36,37). The lowest BCUT2D eigenvalue weighted by molar-refractivity contribution is -0.143. The molecule has 38 heavy (non-hydrogen) atoms. The number of benzene rings is 2. The summed E-state index contributed by atoms with van der Waals surface area (Å²) in [5.74, 6) is -3.10. The molecule has 10 nitrogen and oxygen atoms in total. The molecule has 3 amide bonds. The molecule has 0 saturated carbocycles. The smallest absolute Gasteiger partial charge is 0.326 e. The van der Waals surface area contributed by atoms with E-state index in [2.05, 4.69) is 10.6 Å². The Bertz CT molecular complexity index is 1210. The van der Waals surface area contributed by atoms with Crippen LogP contribution < -0.4 is 10.6 Å². The van der Waals surface area contributed by atoms with Crippen LogP contribution in [-0.4, -0.2) is 68.5 Å². The Morgan fingerprint density at radius 3 is 2.26 bits per heavy atom. The Kier molecular flexibility index (Phi) is 10.4. The molecular formula is C25H25Cl2N3O7S. The van der Waals surface area contributed by atoms with E-state index < -0.39 is 35.8 Å². The van der Waals surface area contributed by atoms with Crippen LogP contribution in [-0.2, 0) is 25.6 Å². The minimum absolute atomic E-state index is 0.00936. The van der Waals surface area contributed by atoms with E-state index in [0.29, 0.717) is 17.0 Å².